The van der Waals surface area contributed by atoms with Crippen LogP contribution >= 0.6 is 27.5 Å². The number of ether oxygens (including phenoxy) is 2. The maximum atomic E-state index is 12.4. The summed E-state index contributed by atoms with van der Waals surface area (Å²) in [6.07, 6.45) is 0. The zero-order valence-electron chi connectivity index (χ0n) is 10.2. The van der Waals surface area contributed by atoms with E-state index >= 15 is 0 Å². The predicted octanol–water partition coefficient (Wildman–Crippen LogP) is 3.94. The fourth-order valence-electron chi connectivity index (χ4n) is 1.62. The van der Waals surface area contributed by atoms with Gasteiger partial charge in [0.15, 0.2) is 11.0 Å². The number of carbonyl (C=O) groups is 1. The van der Waals surface area contributed by atoms with Gasteiger partial charge in [0, 0.05) is 10.5 Å². The summed E-state index contributed by atoms with van der Waals surface area (Å²) in [6.45, 7) is 0. The second-order valence-electron chi connectivity index (χ2n) is 3.62. The van der Waals surface area contributed by atoms with Gasteiger partial charge in [-0.05, 0) is 45.7 Å². The van der Waals surface area contributed by atoms with Gasteiger partial charge >= 0.3 is 0 Å². The third-order valence-electron chi connectivity index (χ3n) is 2.51. The van der Waals surface area contributed by atoms with Crippen molar-refractivity contribution < 1.29 is 18.7 Å². The molecule has 0 N–H and O–H groups in total. The quantitative estimate of drug-likeness (QED) is 0.787. The van der Waals surface area contributed by atoms with Gasteiger partial charge in [0.2, 0.25) is 5.78 Å². The molecule has 0 bridgehead atoms. The van der Waals surface area contributed by atoms with Crippen molar-refractivity contribution in [3.8, 4) is 11.5 Å². The number of hydrogen-bond donors (Lipinski definition) is 0. The molecule has 0 aliphatic rings. The summed E-state index contributed by atoms with van der Waals surface area (Å²) >= 11 is 9.00. The first-order chi connectivity index (χ1) is 9.06. The van der Waals surface area contributed by atoms with Crippen LogP contribution in [0.5, 0.6) is 11.5 Å². The van der Waals surface area contributed by atoms with Crippen molar-refractivity contribution in [3.05, 3.63) is 45.3 Å². The largest absolute Gasteiger partial charge is 0.497 e. The molecule has 0 radical (unpaired) electrons. The topological polar surface area (TPSA) is 48.7 Å². The summed E-state index contributed by atoms with van der Waals surface area (Å²) in [5.41, 5.74) is 0.356. The molecule has 1 aromatic heterocycles. The zero-order valence-corrected chi connectivity index (χ0v) is 12.5. The molecule has 0 fully saturated rings. The number of methoxy groups -OCH3 is 2. The summed E-state index contributed by atoms with van der Waals surface area (Å²) in [6, 6.07) is 6.34. The van der Waals surface area contributed by atoms with E-state index in [2.05, 4.69) is 15.9 Å². The number of ketones is 1. The molecule has 2 rings (SSSR count). The highest BCUT2D eigenvalue weighted by Gasteiger charge is 2.22. The molecule has 1 aromatic carbocycles. The van der Waals surface area contributed by atoms with Crippen molar-refractivity contribution in [2.75, 3.05) is 14.2 Å². The number of benzene rings is 1. The first-order valence-corrected chi connectivity index (χ1v) is 6.45. The van der Waals surface area contributed by atoms with Gasteiger partial charge in [-0.2, -0.15) is 0 Å². The molecule has 0 spiro atoms. The molecule has 4 nitrogen and oxygen atoms in total. The van der Waals surface area contributed by atoms with Crippen LogP contribution in [0.2, 0.25) is 5.22 Å². The summed E-state index contributed by atoms with van der Waals surface area (Å²) < 4.78 is 16.0. The number of hydrogen-bond acceptors (Lipinski definition) is 4. The van der Waals surface area contributed by atoms with E-state index in [0.29, 0.717) is 21.5 Å². The van der Waals surface area contributed by atoms with Gasteiger partial charge in [0.25, 0.3) is 0 Å². The van der Waals surface area contributed by atoms with E-state index in [9.17, 15) is 4.79 Å². The van der Waals surface area contributed by atoms with Crippen LogP contribution in [-0.2, 0) is 0 Å². The Bertz CT molecular complexity index is 621. The van der Waals surface area contributed by atoms with E-state index < -0.39 is 0 Å². The molecule has 0 saturated carbocycles. The highest BCUT2D eigenvalue weighted by molar-refractivity contribution is 9.10. The average molecular weight is 346 g/mol. The van der Waals surface area contributed by atoms with E-state index in [1.165, 1.54) is 26.4 Å². The molecule has 1 heterocycles. The number of halogens is 2. The highest BCUT2D eigenvalue weighted by Crippen LogP contribution is 2.34. The molecule has 19 heavy (non-hydrogen) atoms. The maximum absolute atomic E-state index is 12.4. The van der Waals surface area contributed by atoms with Crippen molar-refractivity contribution in [2.24, 2.45) is 0 Å². The van der Waals surface area contributed by atoms with Crippen LogP contribution in [-0.4, -0.2) is 20.0 Å². The molecule has 0 amide bonds. The van der Waals surface area contributed by atoms with Crippen LogP contribution in [0.15, 0.2) is 33.2 Å². The summed E-state index contributed by atoms with van der Waals surface area (Å²) in [4.78, 5) is 12.4. The normalized spacial score (nSPS) is 10.3. The van der Waals surface area contributed by atoms with Gasteiger partial charge in [-0.25, -0.2) is 0 Å². The van der Waals surface area contributed by atoms with Crippen molar-refractivity contribution in [2.45, 2.75) is 0 Å². The lowest BCUT2D eigenvalue weighted by Gasteiger charge is -2.11. The van der Waals surface area contributed by atoms with Crippen LogP contribution in [0.1, 0.15) is 16.1 Å². The van der Waals surface area contributed by atoms with Gasteiger partial charge < -0.3 is 13.9 Å². The van der Waals surface area contributed by atoms with Crippen LogP contribution in [0.4, 0.5) is 0 Å². The minimum atomic E-state index is -0.321. The van der Waals surface area contributed by atoms with Crippen molar-refractivity contribution in [1.29, 1.82) is 0 Å². The molecule has 0 unspecified atom stereocenters. The Kier molecular flexibility index (Phi) is 4.17. The molecule has 0 aliphatic carbocycles. The Balaban J connectivity index is 2.52. The Hall–Kier alpha value is -1.46. The Morgan fingerprint density at radius 2 is 2.00 bits per heavy atom. The van der Waals surface area contributed by atoms with Crippen LogP contribution < -0.4 is 9.47 Å². The minimum absolute atomic E-state index is 0.147. The molecule has 6 heteroatoms. The number of rotatable bonds is 4. The standard InChI is InChI=1S/C13H10BrClO4/c1-17-7-5-8(14)12(10(6-7)18-2)13(16)9-3-4-11(15)19-9/h3-6H,1-2H3. The molecular formula is C13H10BrClO4. The van der Waals surface area contributed by atoms with Gasteiger partial charge in [0.05, 0.1) is 19.8 Å². The minimum Gasteiger partial charge on any atom is -0.497 e. The Morgan fingerprint density at radius 3 is 2.53 bits per heavy atom. The second-order valence-corrected chi connectivity index (χ2v) is 4.85. The smallest absolute Gasteiger partial charge is 0.233 e. The zero-order chi connectivity index (χ0) is 14.0. The summed E-state index contributed by atoms with van der Waals surface area (Å²) in [5.74, 6) is 0.800. The number of carbonyl (C=O) groups excluding carboxylic acids is 1. The van der Waals surface area contributed by atoms with Crippen LogP contribution in [0.25, 0.3) is 0 Å². The first-order valence-electron chi connectivity index (χ1n) is 5.28. The van der Waals surface area contributed by atoms with E-state index in [-0.39, 0.29) is 16.8 Å². The Labute approximate surface area is 123 Å². The fraction of sp³-hybridized carbons (Fsp3) is 0.154. The molecule has 0 atom stereocenters. The molecule has 0 aliphatic heterocycles. The van der Waals surface area contributed by atoms with E-state index in [1.54, 1.807) is 12.1 Å². The van der Waals surface area contributed by atoms with Gasteiger partial charge in [0.1, 0.15) is 11.5 Å². The second kappa shape index (κ2) is 5.67. The van der Waals surface area contributed by atoms with Gasteiger partial charge in [-0.15, -0.1) is 0 Å². The monoisotopic (exact) mass is 344 g/mol. The summed E-state index contributed by atoms with van der Waals surface area (Å²) in [5, 5.41) is 0.159. The van der Waals surface area contributed by atoms with Crippen LogP contribution in [0.3, 0.4) is 0 Å². The third kappa shape index (κ3) is 2.77. The highest BCUT2D eigenvalue weighted by atomic mass is 79.9. The third-order valence-corrected chi connectivity index (χ3v) is 3.34. The molecule has 100 valence electrons. The fourth-order valence-corrected chi connectivity index (χ4v) is 2.36. The van der Waals surface area contributed by atoms with Crippen LogP contribution in [0, 0.1) is 0 Å². The molecule has 2 aromatic rings. The predicted molar refractivity (Wildman–Crippen MR) is 74.4 cm³/mol. The molecule has 0 saturated heterocycles. The molecular weight excluding hydrogens is 335 g/mol. The van der Waals surface area contributed by atoms with E-state index in [1.807, 2.05) is 0 Å². The van der Waals surface area contributed by atoms with Gasteiger partial charge in [-0.3, -0.25) is 4.79 Å². The lowest BCUT2D eigenvalue weighted by Crippen LogP contribution is -2.04. The van der Waals surface area contributed by atoms with E-state index in [4.69, 9.17) is 25.5 Å². The van der Waals surface area contributed by atoms with Crippen molar-refractivity contribution in [3.63, 3.8) is 0 Å². The Morgan fingerprint density at radius 1 is 1.26 bits per heavy atom. The van der Waals surface area contributed by atoms with E-state index in [0.717, 1.165) is 0 Å². The number of furan rings is 1. The van der Waals surface area contributed by atoms with Crippen molar-refractivity contribution >= 4 is 33.3 Å². The van der Waals surface area contributed by atoms with Gasteiger partial charge in [-0.1, -0.05) is 0 Å². The summed E-state index contributed by atoms with van der Waals surface area (Å²) in [7, 11) is 3.02. The maximum Gasteiger partial charge on any atom is 0.233 e. The average Bonchev–Trinajstić information content (AvgIpc) is 2.83. The SMILES string of the molecule is COc1cc(Br)c(C(=O)c2ccc(Cl)o2)c(OC)c1. The first kappa shape index (κ1) is 14.0. The lowest BCUT2D eigenvalue weighted by molar-refractivity contribution is 0.101. The lowest BCUT2D eigenvalue weighted by atomic mass is 10.1. The van der Waals surface area contributed by atoms with Crippen molar-refractivity contribution in [1.82, 2.24) is 0 Å².